The number of nitro benzene ring substituents is 1. The fourth-order valence-corrected chi connectivity index (χ4v) is 3.86. The van der Waals surface area contributed by atoms with Gasteiger partial charge in [0.1, 0.15) is 24.2 Å². The number of non-ortho nitro benzene ring substituents is 1. The SMILES string of the molecule is COC(=O)[C@H]1NC(=O)[C@H]1NC(=O)C(=NOOC(C)(C)C(=O)OCc1ccc([N+](=O)[O-])cc1)c1csc(NC(=O)CCl)n1. The lowest BCUT2D eigenvalue weighted by molar-refractivity contribution is -0.384. The summed E-state index contributed by atoms with van der Waals surface area (Å²) in [6, 6.07) is 2.88. The van der Waals surface area contributed by atoms with E-state index in [0.29, 0.717) is 5.56 Å². The highest BCUT2D eigenvalue weighted by Crippen LogP contribution is 2.19. The van der Waals surface area contributed by atoms with E-state index >= 15 is 0 Å². The van der Waals surface area contributed by atoms with Gasteiger partial charge in [0.05, 0.1) is 12.0 Å². The number of thiazole rings is 1. The van der Waals surface area contributed by atoms with Crippen molar-refractivity contribution in [1.82, 2.24) is 15.6 Å². The highest BCUT2D eigenvalue weighted by atomic mass is 35.5. The van der Waals surface area contributed by atoms with E-state index in [1.165, 1.54) is 43.5 Å². The van der Waals surface area contributed by atoms with Gasteiger partial charge in [-0.2, -0.15) is 0 Å². The first-order chi connectivity index (χ1) is 19.9. The quantitative estimate of drug-likeness (QED) is 0.0527. The number of hydrogen-bond acceptors (Lipinski definition) is 14. The molecule has 1 aliphatic heterocycles. The number of carbonyl (C=O) groups excluding carboxylic acids is 5. The summed E-state index contributed by atoms with van der Waals surface area (Å²) < 4.78 is 9.76. The maximum Gasteiger partial charge on any atom is 0.342 e. The van der Waals surface area contributed by atoms with E-state index in [0.717, 1.165) is 18.4 Å². The van der Waals surface area contributed by atoms with Crippen molar-refractivity contribution in [3.63, 3.8) is 0 Å². The smallest absolute Gasteiger partial charge is 0.342 e. The largest absolute Gasteiger partial charge is 0.467 e. The van der Waals surface area contributed by atoms with Crippen LogP contribution in [0.15, 0.2) is 34.8 Å². The minimum absolute atomic E-state index is 0.0565. The lowest BCUT2D eigenvalue weighted by Crippen LogP contribution is -2.72. The second kappa shape index (κ2) is 13.8. The minimum atomic E-state index is -1.77. The van der Waals surface area contributed by atoms with Crippen LogP contribution in [0.4, 0.5) is 10.8 Å². The molecule has 1 fully saturated rings. The van der Waals surface area contributed by atoms with Gasteiger partial charge in [-0.15, -0.1) is 27.8 Å². The van der Waals surface area contributed by atoms with Gasteiger partial charge in [-0.1, -0.05) is 0 Å². The van der Waals surface area contributed by atoms with Crippen molar-refractivity contribution in [3.05, 3.63) is 51.0 Å². The number of rotatable bonds is 13. The van der Waals surface area contributed by atoms with E-state index in [-0.39, 0.29) is 29.0 Å². The molecule has 224 valence electrons. The predicted octanol–water partition coefficient (Wildman–Crippen LogP) is 0.559. The summed E-state index contributed by atoms with van der Waals surface area (Å²) in [4.78, 5) is 85.2. The number of anilines is 1. The maximum absolute atomic E-state index is 13.1. The minimum Gasteiger partial charge on any atom is -0.467 e. The number of amides is 3. The first-order valence-corrected chi connectivity index (χ1v) is 13.1. The Kier molecular flexibility index (Phi) is 10.5. The Bertz CT molecular complexity index is 1410. The molecule has 0 bridgehead atoms. The first kappa shape index (κ1) is 31.8. The molecule has 0 radical (unpaired) electrons. The molecule has 19 heteroatoms. The molecule has 2 atom stereocenters. The zero-order valence-electron chi connectivity index (χ0n) is 22.1. The van der Waals surface area contributed by atoms with Crippen molar-refractivity contribution in [3.8, 4) is 0 Å². The van der Waals surface area contributed by atoms with Gasteiger partial charge >= 0.3 is 11.9 Å². The summed E-state index contributed by atoms with van der Waals surface area (Å²) in [5, 5.41) is 22.8. The van der Waals surface area contributed by atoms with Gasteiger partial charge in [0, 0.05) is 17.5 Å². The van der Waals surface area contributed by atoms with Crippen LogP contribution in [0.5, 0.6) is 0 Å². The van der Waals surface area contributed by atoms with Gasteiger partial charge in [-0.3, -0.25) is 24.5 Å². The van der Waals surface area contributed by atoms with Crippen LogP contribution < -0.4 is 16.0 Å². The van der Waals surface area contributed by atoms with Crippen molar-refractivity contribution in [1.29, 1.82) is 0 Å². The Hall–Kier alpha value is -4.68. The summed E-state index contributed by atoms with van der Waals surface area (Å²) in [7, 11) is 1.11. The topological polar surface area (TPSA) is 227 Å². The number of nitrogens with one attached hydrogen (secondary N) is 3. The number of β-lactam (4-membered cyclic amide) rings is 1. The number of nitro groups is 1. The van der Waals surface area contributed by atoms with Crippen molar-refractivity contribution in [2.45, 2.75) is 38.1 Å². The number of methoxy groups -OCH3 is 1. The van der Waals surface area contributed by atoms with Gasteiger partial charge in [-0.25, -0.2) is 19.6 Å². The molecular formula is C23H23ClN6O11S. The molecule has 0 spiro atoms. The molecule has 0 unspecified atom stereocenters. The molecule has 0 aliphatic carbocycles. The van der Waals surface area contributed by atoms with E-state index in [1.807, 2.05) is 0 Å². The van der Waals surface area contributed by atoms with Crippen LogP contribution in [0.25, 0.3) is 0 Å². The van der Waals surface area contributed by atoms with Gasteiger partial charge < -0.3 is 25.4 Å². The molecule has 17 nitrogen and oxygen atoms in total. The number of halogens is 1. The van der Waals surface area contributed by atoms with Crippen LogP contribution in [0.3, 0.4) is 0 Å². The first-order valence-electron chi connectivity index (χ1n) is 11.7. The molecule has 1 saturated heterocycles. The number of ether oxygens (including phenoxy) is 2. The molecular weight excluding hydrogens is 604 g/mol. The van der Waals surface area contributed by atoms with Crippen LogP contribution in [-0.2, 0) is 49.9 Å². The van der Waals surface area contributed by atoms with Gasteiger partial charge in [0.25, 0.3) is 11.6 Å². The molecule has 1 aliphatic rings. The molecule has 3 amide bonds. The molecule has 2 aromatic rings. The van der Waals surface area contributed by atoms with E-state index in [2.05, 4.69) is 30.8 Å². The molecule has 1 aromatic heterocycles. The Morgan fingerprint density at radius 2 is 1.93 bits per heavy atom. The second-order valence-corrected chi connectivity index (χ2v) is 9.91. The fourth-order valence-electron chi connectivity index (χ4n) is 3.08. The Morgan fingerprint density at radius 1 is 1.24 bits per heavy atom. The number of aromatic nitrogens is 1. The van der Waals surface area contributed by atoms with E-state index in [1.54, 1.807) is 0 Å². The average molecular weight is 627 g/mol. The van der Waals surface area contributed by atoms with Crippen molar-refractivity contribution >= 4 is 69.1 Å². The number of oxime groups is 1. The zero-order valence-corrected chi connectivity index (χ0v) is 23.6. The second-order valence-electron chi connectivity index (χ2n) is 8.79. The standard InChI is InChI=1S/C23H23ClN6O11S/c1-23(2,21(35)39-9-11-4-6-12(7-5-11)30(36)37)40-41-29-15(13-10-42-22(25-13)26-14(31)8-24)18(32)27-16-17(20(34)38-3)28-19(16)33/h4-7,10,16-17H,8-9H2,1-3H3,(H,27,32)(H,28,33)(H,25,26,31)/t16-,17-/m0/s1. The normalized spacial score (nSPS) is 16.4. The molecule has 3 N–H and O–H groups in total. The van der Waals surface area contributed by atoms with Crippen molar-refractivity contribution in [2.24, 2.45) is 5.16 Å². The van der Waals surface area contributed by atoms with Crippen LogP contribution in [0, 0.1) is 10.1 Å². The Labute approximate surface area is 245 Å². The fraction of sp³-hybridized carbons (Fsp3) is 0.348. The molecule has 3 rings (SSSR count). The van der Waals surface area contributed by atoms with Crippen molar-refractivity contribution < 1.29 is 48.2 Å². The number of carbonyl (C=O) groups is 5. The third kappa shape index (κ3) is 7.95. The monoisotopic (exact) mass is 626 g/mol. The van der Waals surface area contributed by atoms with Crippen LogP contribution >= 0.6 is 22.9 Å². The number of alkyl halides is 1. The van der Waals surface area contributed by atoms with E-state index in [9.17, 15) is 34.1 Å². The van der Waals surface area contributed by atoms with E-state index < -0.39 is 58.0 Å². The van der Waals surface area contributed by atoms with Gasteiger partial charge in [0.15, 0.2) is 16.9 Å². The molecule has 2 heterocycles. The maximum atomic E-state index is 13.1. The number of nitrogens with zero attached hydrogens (tertiary/aromatic N) is 3. The predicted molar refractivity (Wildman–Crippen MR) is 143 cm³/mol. The van der Waals surface area contributed by atoms with Gasteiger partial charge in [0.2, 0.25) is 17.4 Å². The number of benzene rings is 1. The highest BCUT2D eigenvalue weighted by molar-refractivity contribution is 7.14. The Balaban J connectivity index is 1.71. The summed E-state index contributed by atoms with van der Waals surface area (Å²) in [6.07, 6.45) is 0. The Morgan fingerprint density at radius 3 is 2.52 bits per heavy atom. The number of esters is 2. The third-order valence-corrected chi connectivity index (χ3v) is 6.37. The summed E-state index contributed by atoms with van der Waals surface area (Å²) >= 11 is 6.39. The summed E-state index contributed by atoms with van der Waals surface area (Å²) in [5.41, 5.74) is -2.10. The summed E-state index contributed by atoms with van der Waals surface area (Å²) in [5.74, 6) is -4.32. The average Bonchev–Trinajstić information content (AvgIpc) is 3.42. The van der Waals surface area contributed by atoms with Gasteiger partial charge in [-0.05, 0) is 36.7 Å². The van der Waals surface area contributed by atoms with Crippen LogP contribution in [0.1, 0.15) is 25.1 Å². The highest BCUT2D eigenvalue weighted by Gasteiger charge is 2.46. The lowest BCUT2D eigenvalue weighted by Gasteiger charge is -2.34. The van der Waals surface area contributed by atoms with Crippen molar-refractivity contribution in [2.75, 3.05) is 18.3 Å². The zero-order chi connectivity index (χ0) is 31.0. The molecule has 1 aromatic carbocycles. The van der Waals surface area contributed by atoms with E-state index in [4.69, 9.17) is 26.2 Å². The lowest BCUT2D eigenvalue weighted by atomic mass is 9.99. The molecule has 0 saturated carbocycles. The van der Waals surface area contributed by atoms with Crippen LogP contribution in [0.2, 0.25) is 0 Å². The number of hydrogen-bond donors (Lipinski definition) is 3. The molecule has 42 heavy (non-hydrogen) atoms. The third-order valence-electron chi connectivity index (χ3n) is 5.37. The summed E-state index contributed by atoms with van der Waals surface area (Å²) in [6.45, 7) is 2.33. The van der Waals surface area contributed by atoms with Crippen LogP contribution in [-0.4, -0.2) is 76.0 Å².